The van der Waals surface area contributed by atoms with Gasteiger partial charge in [-0.25, -0.2) is 0 Å². The molecule has 0 amide bonds. The Hall–Kier alpha value is -1.84. The number of aliphatic hydroxyl groups excluding tert-OH is 1. The Morgan fingerprint density at radius 3 is 2.00 bits per heavy atom. The van der Waals surface area contributed by atoms with Crippen molar-refractivity contribution in [3.63, 3.8) is 0 Å². The molecule has 0 saturated heterocycles. The minimum Gasteiger partial charge on any atom is -0.457 e. The maximum Gasteiger partial charge on any atom is 0.127 e. The van der Waals surface area contributed by atoms with Crippen molar-refractivity contribution >= 4 is 0 Å². The summed E-state index contributed by atoms with van der Waals surface area (Å²) in [5, 5.41) is 10.00. The smallest absolute Gasteiger partial charge is 0.127 e. The second kappa shape index (κ2) is 6.55. The predicted molar refractivity (Wildman–Crippen MR) is 80.7 cm³/mol. The van der Waals surface area contributed by atoms with Crippen LogP contribution in [0.4, 0.5) is 0 Å². The zero-order chi connectivity index (χ0) is 14.5. The molecule has 0 aromatic heterocycles. The highest BCUT2D eigenvalue weighted by Crippen LogP contribution is 2.25. The second-order valence-corrected chi connectivity index (χ2v) is 5.24. The fraction of sp³-hybridized carbons (Fsp3) is 0.294. The van der Waals surface area contributed by atoms with Gasteiger partial charge in [0.05, 0.1) is 12.1 Å². The molecule has 3 nitrogen and oxygen atoms in total. The summed E-state index contributed by atoms with van der Waals surface area (Å²) in [6.45, 7) is 3.91. The highest BCUT2D eigenvalue weighted by atomic mass is 16.5. The first-order valence-electron chi connectivity index (χ1n) is 6.84. The maximum absolute atomic E-state index is 10.00. The van der Waals surface area contributed by atoms with Gasteiger partial charge >= 0.3 is 0 Å². The zero-order valence-electron chi connectivity index (χ0n) is 11.9. The number of para-hydroxylation sites is 1. The summed E-state index contributed by atoms with van der Waals surface area (Å²) in [6.07, 6.45) is -0.545. The molecule has 3 N–H and O–H groups in total. The van der Waals surface area contributed by atoms with Crippen LogP contribution in [0.25, 0.3) is 0 Å². The third kappa shape index (κ3) is 3.59. The van der Waals surface area contributed by atoms with Crippen molar-refractivity contribution in [3.8, 4) is 11.5 Å². The van der Waals surface area contributed by atoms with Gasteiger partial charge in [0.25, 0.3) is 0 Å². The summed E-state index contributed by atoms with van der Waals surface area (Å²) in [7, 11) is 0. The van der Waals surface area contributed by atoms with E-state index in [-0.39, 0.29) is 12.0 Å². The summed E-state index contributed by atoms with van der Waals surface area (Å²) >= 11 is 0. The van der Waals surface area contributed by atoms with Gasteiger partial charge in [0.2, 0.25) is 0 Å². The third-order valence-electron chi connectivity index (χ3n) is 3.29. The first-order valence-corrected chi connectivity index (χ1v) is 6.84. The van der Waals surface area contributed by atoms with E-state index in [4.69, 9.17) is 10.5 Å². The quantitative estimate of drug-likeness (QED) is 0.875. The van der Waals surface area contributed by atoms with E-state index >= 15 is 0 Å². The van der Waals surface area contributed by atoms with E-state index in [1.807, 2.05) is 68.4 Å². The summed E-state index contributed by atoms with van der Waals surface area (Å²) in [5.74, 6) is 1.68. The normalized spacial score (nSPS) is 14.1. The highest BCUT2D eigenvalue weighted by Gasteiger charge is 2.19. The van der Waals surface area contributed by atoms with Gasteiger partial charge in [0.1, 0.15) is 11.5 Å². The first-order chi connectivity index (χ1) is 9.58. The minimum atomic E-state index is -0.545. The first kappa shape index (κ1) is 14.6. The molecule has 0 unspecified atom stereocenters. The molecule has 2 aromatic carbocycles. The van der Waals surface area contributed by atoms with E-state index in [0.29, 0.717) is 0 Å². The molecule has 0 spiro atoms. The molecule has 106 valence electrons. The van der Waals surface area contributed by atoms with Crippen molar-refractivity contribution in [2.75, 3.05) is 0 Å². The van der Waals surface area contributed by atoms with Crippen LogP contribution < -0.4 is 10.5 Å². The van der Waals surface area contributed by atoms with Crippen LogP contribution >= 0.6 is 0 Å². The molecule has 0 radical (unpaired) electrons. The Morgan fingerprint density at radius 1 is 0.900 bits per heavy atom. The van der Waals surface area contributed by atoms with E-state index in [9.17, 15) is 5.11 Å². The van der Waals surface area contributed by atoms with E-state index in [2.05, 4.69) is 0 Å². The molecule has 2 atom stereocenters. The van der Waals surface area contributed by atoms with Gasteiger partial charge in [-0.15, -0.1) is 0 Å². The molecule has 0 aliphatic rings. The Balaban J connectivity index is 2.06. The number of nitrogens with two attached hydrogens (primary N) is 1. The van der Waals surface area contributed by atoms with Crippen molar-refractivity contribution in [1.82, 2.24) is 0 Å². The summed E-state index contributed by atoms with van der Waals surface area (Å²) < 4.78 is 5.72. The van der Waals surface area contributed by atoms with Crippen LogP contribution in [0, 0.1) is 5.92 Å². The fourth-order valence-corrected chi connectivity index (χ4v) is 1.99. The summed E-state index contributed by atoms with van der Waals surface area (Å²) in [4.78, 5) is 0. The summed E-state index contributed by atoms with van der Waals surface area (Å²) in [6, 6.07) is 16.8. The van der Waals surface area contributed by atoms with E-state index < -0.39 is 6.10 Å². The maximum atomic E-state index is 10.00. The fourth-order valence-electron chi connectivity index (χ4n) is 1.99. The zero-order valence-corrected chi connectivity index (χ0v) is 11.9. The van der Waals surface area contributed by atoms with Crippen LogP contribution in [-0.4, -0.2) is 11.2 Å². The Bertz CT molecular complexity index is 522. The molecule has 2 aromatic rings. The lowest BCUT2D eigenvalue weighted by atomic mass is 9.94. The van der Waals surface area contributed by atoms with Crippen molar-refractivity contribution in [2.24, 2.45) is 11.7 Å². The topological polar surface area (TPSA) is 55.5 Å². The minimum absolute atomic E-state index is 0.130. The second-order valence-electron chi connectivity index (χ2n) is 5.24. The molecule has 0 saturated carbocycles. The molecule has 0 aliphatic carbocycles. The molecule has 3 heteroatoms. The molecule has 2 rings (SSSR count). The van der Waals surface area contributed by atoms with Gasteiger partial charge in [-0.2, -0.15) is 0 Å². The van der Waals surface area contributed by atoms with Gasteiger partial charge < -0.3 is 15.6 Å². The van der Waals surface area contributed by atoms with Crippen molar-refractivity contribution in [3.05, 3.63) is 60.2 Å². The average molecular weight is 271 g/mol. The Morgan fingerprint density at radius 2 is 1.45 bits per heavy atom. The van der Waals surface area contributed by atoms with E-state index in [0.717, 1.165) is 17.1 Å². The molecule has 0 aliphatic heterocycles. The number of ether oxygens (including phenoxy) is 1. The molecular weight excluding hydrogens is 250 g/mol. The molecule has 20 heavy (non-hydrogen) atoms. The van der Waals surface area contributed by atoms with Gasteiger partial charge in [-0.3, -0.25) is 0 Å². The molecule has 0 bridgehead atoms. The van der Waals surface area contributed by atoms with Crippen LogP contribution in [0.15, 0.2) is 54.6 Å². The Labute approximate surface area is 120 Å². The van der Waals surface area contributed by atoms with Gasteiger partial charge in [-0.1, -0.05) is 44.2 Å². The van der Waals surface area contributed by atoms with Gasteiger partial charge in [0.15, 0.2) is 0 Å². The van der Waals surface area contributed by atoms with E-state index in [1.54, 1.807) is 0 Å². The molecule has 0 heterocycles. The van der Waals surface area contributed by atoms with E-state index in [1.165, 1.54) is 0 Å². The lowest BCUT2D eigenvalue weighted by molar-refractivity contribution is 0.0979. The third-order valence-corrected chi connectivity index (χ3v) is 3.29. The molecule has 0 fully saturated rings. The Kier molecular flexibility index (Phi) is 4.77. The SMILES string of the molecule is CC(C)[C@H](O)[C@H](N)c1ccc(Oc2ccccc2)cc1. The highest BCUT2D eigenvalue weighted by molar-refractivity contribution is 5.34. The van der Waals surface area contributed by atoms with Crippen molar-refractivity contribution in [1.29, 1.82) is 0 Å². The summed E-state index contributed by atoms with van der Waals surface area (Å²) in [5.41, 5.74) is 6.96. The largest absolute Gasteiger partial charge is 0.457 e. The van der Waals surface area contributed by atoms with Crippen LogP contribution in [0.5, 0.6) is 11.5 Å². The van der Waals surface area contributed by atoms with Crippen LogP contribution in [0.2, 0.25) is 0 Å². The lowest BCUT2D eigenvalue weighted by Crippen LogP contribution is -2.30. The standard InChI is InChI=1S/C17H21NO2/c1-12(2)17(19)16(18)13-8-10-15(11-9-13)20-14-6-4-3-5-7-14/h3-12,16-17,19H,18H2,1-2H3/t16-,17+/m1/s1. The number of aliphatic hydroxyl groups is 1. The van der Waals surface area contributed by atoms with Crippen LogP contribution in [0.1, 0.15) is 25.5 Å². The van der Waals surface area contributed by atoms with Gasteiger partial charge in [0, 0.05) is 0 Å². The van der Waals surface area contributed by atoms with Crippen molar-refractivity contribution < 1.29 is 9.84 Å². The van der Waals surface area contributed by atoms with Crippen molar-refractivity contribution in [2.45, 2.75) is 26.0 Å². The number of benzene rings is 2. The van der Waals surface area contributed by atoms with Crippen LogP contribution in [-0.2, 0) is 0 Å². The van der Waals surface area contributed by atoms with Gasteiger partial charge in [-0.05, 0) is 35.7 Å². The molecular formula is C17H21NO2. The average Bonchev–Trinajstić information content (AvgIpc) is 2.47. The number of hydrogen-bond acceptors (Lipinski definition) is 3. The lowest BCUT2D eigenvalue weighted by Gasteiger charge is -2.22. The number of rotatable bonds is 5. The predicted octanol–water partition coefficient (Wildman–Crippen LogP) is 3.50. The number of hydrogen-bond donors (Lipinski definition) is 2. The monoisotopic (exact) mass is 271 g/mol. The van der Waals surface area contributed by atoms with Crippen LogP contribution in [0.3, 0.4) is 0 Å².